The topological polar surface area (TPSA) is 124 Å². The first kappa shape index (κ1) is 42.6. The predicted molar refractivity (Wildman–Crippen MR) is 190 cm³/mol. The Bertz CT molecular complexity index is 557. The average molecular weight is 615 g/mol. The van der Waals surface area contributed by atoms with Crippen LogP contribution in [0.25, 0.3) is 0 Å². The van der Waals surface area contributed by atoms with Gasteiger partial charge < -0.3 is 52.3 Å². The standard InChI is InChI=1S/C8H19N3.2C7H16N2.C6H14N2.C5H13N/c1-10-5-7-11(8-6-10)4-2-3-9;1-9-4-2-7(6-8)3-5-9;1-9-6-2-3-7(9)4-5-8;7-3-6-8-4-1-2-5-8;1-4-5-6(2)3/h2-9H2,1H3;2*7H,2-6,8H2,1H3;1-7H2;4-5H2,1-3H3. The van der Waals surface area contributed by atoms with Crippen molar-refractivity contribution in [3.05, 3.63) is 0 Å². The van der Waals surface area contributed by atoms with Crippen LogP contribution in [0.5, 0.6) is 0 Å². The highest BCUT2D eigenvalue weighted by Crippen LogP contribution is 2.16. The second kappa shape index (κ2) is 29.0. The monoisotopic (exact) mass is 615 g/mol. The molecular formula is C33H78N10. The van der Waals surface area contributed by atoms with Crippen molar-refractivity contribution in [3.8, 4) is 0 Å². The maximum atomic E-state index is 5.53. The normalized spacial score (nSPS) is 22.5. The summed E-state index contributed by atoms with van der Waals surface area (Å²) >= 11 is 0. The summed E-state index contributed by atoms with van der Waals surface area (Å²) in [5.74, 6) is 0.807. The number of nitrogens with zero attached hydrogens (tertiary/aromatic N) is 6. The fourth-order valence-corrected chi connectivity index (χ4v) is 5.86. The van der Waals surface area contributed by atoms with Gasteiger partial charge in [-0.2, -0.15) is 0 Å². The molecule has 260 valence electrons. The zero-order valence-corrected chi connectivity index (χ0v) is 29.8. The molecule has 0 amide bonds. The SMILES string of the molecule is CCCN(C)C.CN1CCC(CN)CC1.CN1CCCC1CCN.CN1CCN(CCCN)CC1.NCCN1CCCC1. The van der Waals surface area contributed by atoms with Crippen LogP contribution in [-0.2, 0) is 0 Å². The van der Waals surface area contributed by atoms with Crippen molar-refractivity contribution in [2.45, 2.75) is 70.8 Å². The Morgan fingerprint density at radius 3 is 1.63 bits per heavy atom. The van der Waals surface area contributed by atoms with E-state index in [1.165, 1.54) is 123 Å². The lowest BCUT2D eigenvalue weighted by Crippen LogP contribution is -2.44. The molecule has 0 saturated carbocycles. The molecule has 4 fully saturated rings. The molecule has 0 radical (unpaired) electrons. The molecule has 10 nitrogen and oxygen atoms in total. The average Bonchev–Trinajstić information content (AvgIpc) is 3.67. The third kappa shape index (κ3) is 24.5. The summed E-state index contributed by atoms with van der Waals surface area (Å²) in [7, 11) is 10.7. The molecule has 4 aliphatic rings. The van der Waals surface area contributed by atoms with Gasteiger partial charge in [0, 0.05) is 45.3 Å². The van der Waals surface area contributed by atoms with Gasteiger partial charge in [-0.15, -0.1) is 0 Å². The van der Waals surface area contributed by atoms with Crippen LogP contribution < -0.4 is 22.9 Å². The van der Waals surface area contributed by atoms with E-state index in [9.17, 15) is 0 Å². The van der Waals surface area contributed by atoms with E-state index < -0.39 is 0 Å². The largest absolute Gasteiger partial charge is 0.330 e. The molecule has 10 heteroatoms. The molecule has 4 saturated heterocycles. The van der Waals surface area contributed by atoms with Gasteiger partial charge in [0.25, 0.3) is 0 Å². The molecule has 0 bridgehead atoms. The van der Waals surface area contributed by atoms with Crippen molar-refractivity contribution in [1.29, 1.82) is 0 Å². The second-order valence-electron chi connectivity index (χ2n) is 13.3. The third-order valence-electron chi connectivity index (χ3n) is 8.93. The summed E-state index contributed by atoms with van der Waals surface area (Å²) in [5, 5.41) is 0. The number of hydrogen-bond acceptors (Lipinski definition) is 10. The molecular weight excluding hydrogens is 536 g/mol. The summed E-state index contributed by atoms with van der Waals surface area (Å²) in [5.41, 5.74) is 21.8. The lowest BCUT2D eigenvalue weighted by atomic mass is 9.98. The number of piperidine rings is 1. The van der Waals surface area contributed by atoms with Crippen LogP contribution in [-0.4, -0.2) is 175 Å². The smallest absolute Gasteiger partial charge is 0.0110 e. The maximum absolute atomic E-state index is 5.53. The molecule has 0 aliphatic carbocycles. The molecule has 8 N–H and O–H groups in total. The van der Waals surface area contributed by atoms with Gasteiger partial charge >= 0.3 is 0 Å². The van der Waals surface area contributed by atoms with Crippen LogP contribution >= 0.6 is 0 Å². The van der Waals surface area contributed by atoms with Gasteiger partial charge in [-0.1, -0.05) is 6.92 Å². The highest BCUT2D eigenvalue weighted by atomic mass is 15.2. The van der Waals surface area contributed by atoms with Crippen LogP contribution in [0, 0.1) is 5.92 Å². The van der Waals surface area contributed by atoms with Gasteiger partial charge in [-0.05, 0) is 164 Å². The molecule has 0 aromatic carbocycles. The first-order chi connectivity index (χ1) is 20.7. The summed E-state index contributed by atoms with van der Waals surface area (Å²) in [6.07, 6.45) is 11.6. The maximum Gasteiger partial charge on any atom is 0.0110 e. The fourth-order valence-electron chi connectivity index (χ4n) is 5.86. The van der Waals surface area contributed by atoms with Gasteiger partial charge in [0.15, 0.2) is 0 Å². The minimum Gasteiger partial charge on any atom is -0.330 e. The summed E-state index contributed by atoms with van der Waals surface area (Å²) in [6.45, 7) is 20.2. The Morgan fingerprint density at radius 2 is 1.21 bits per heavy atom. The van der Waals surface area contributed by atoms with Gasteiger partial charge in [-0.25, -0.2) is 0 Å². The van der Waals surface area contributed by atoms with Crippen molar-refractivity contribution >= 4 is 0 Å². The second-order valence-corrected chi connectivity index (χ2v) is 13.3. The summed E-state index contributed by atoms with van der Waals surface area (Å²) in [6, 6.07) is 0.787. The molecule has 0 aromatic rings. The van der Waals surface area contributed by atoms with Gasteiger partial charge in [-0.3, -0.25) is 0 Å². The Balaban J connectivity index is 0.000000519. The Labute approximate surface area is 268 Å². The zero-order chi connectivity index (χ0) is 32.3. The van der Waals surface area contributed by atoms with E-state index in [0.717, 1.165) is 51.1 Å². The predicted octanol–water partition coefficient (Wildman–Crippen LogP) is 1.30. The van der Waals surface area contributed by atoms with Gasteiger partial charge in [0.1, 0.15) is 0 Å². The zero-order valence-electron chi connectivity index (χ0n) is 29.8. The lowest BCUT2D eigenvalue weighted by Gasteiger charge is -2.32. The van der Waals surface area contributed by atoms with E-state index in [1.54, 1.807) is 0 Å². The molecule has 43 heavy (non-hydrogen) atoms. The number of hydrogen-bond donors (Lipinski definition) is 4. The van der Waals surface area contributed by atoms with Gasteiger partial charge in [0.05, 0.1) is 0 Å². The fraction of sp³-hybridized carbons (Fsp3) is 1.00. The summed E-state index contributed by atoms with van der Waals surface area (Å²) < 4.78 is 0. The van der Waals surface area contributed by atoms with Crippen LogP contribution in [0.3, 0.4) is 0 Å². The third-order valence-corrected chi connectivity index (χ3v) is 8.93. The number of likely N-dealkylation sites (tertiary alicyclic amines) is 3. The van der Waals surface area contributed by atoms with E-state index in [2.05, 4.69) is 71.6 Å². The van der Waals surface area contributed by atoms with E-state index >= 15 is 0 Å². The van der Waals surface area contributed by atoms with Crippen molar-refractivity contribution in [1.82, 2.24) is 29.4 Å². The number of rotatable bonds is 10. The molecule has 4 heterocycles. The Kier molecular flexibility index (Phi) is 28.8. The van der Waals surface area contributed by atoms with E-state index in [0.29, 0.717) is 0 Å². The van der Waals surface area contributed by atoms with Crippen molar-refractivity contribution in [3.63, 3.8) is 0 Å². The van der Waals surface area contributed by atoms with Crippen LogP contribution in [0.15, 0.2) is 0 Å². The number of piperazine rings is 1. The van der Waals surface area contributed by atoms with Crippen molar-refractivity contribution in [2.75, 3.05) is 140 Å². The highest BCUT2D eigenvalue weighted by Gasteiger charge is 2.19. The number of likely N-dealkylation sites (N-methyl/N-ethyl adjacent to an activating group) is 1. The summed E-state index contributed by atoms with van der Waals surface area (Å²) in [4.78, 5) is 14.2. The first-order valence-corrected chi connectivity index (χ1v) is 17.7. The van der Waals surface area contributed by atoms with Crippen LogP contribution in [0.1, 0.15) is 64.7 Å². The molecule has 0 spiro atoms. The van der Waals surface area contributed by atoms with E-state index in [1.807, 2.05) is 0 Å². The van der Waals surface area contributed by atoms with E-state index in [4.69, 9.17) is 22.9 Å². The molecule has 1 atom stereocenters. The first-order valence-electron chi connectivity index (χ1n) is 17.7. The molecule has 1 unspecified atom stereocenters. The van der Waals surface area contributed by atoms with E-state index in [-0.39, 0.29) is 0 Å². The van der Waals surface area contributed by atoms with Gasteiger partial charge in [0.2, 0.25) is 0 Å². The Hall–Kier alpha value is -0.400. The quantitative estimate of drug-likeness (QED) is 0.286. The molecule has 4 aliphatic heterocycles. The highest BCUT2D eigenvalue weighted by molar-refractivity contribution is 4.76. The van der Waals surface area contributed by atoms with Crippen molar-refractivity contribution in [2.24, 2.45) is 28.9 Å². The number of nitrogens with two attached hydrogens (primary N) is 4. The van der Waals surface area contributed by atoms with Crippen molar-refractivity contribution < 1.29 is 0 Å². The molecule has 4 rings (SSSR count). The minimum atomic E-state index is 0.787. The van der Waals surface area contributed by atoms with Crippen LogP contribution in [0.2, 0.25) is 0 Å². The molecule has 0 aromatic heterocycles. The van der Waals surface area contributed by atoms with Crippen LogP contribution in [0.4, 0.5) is 0 Å². The minimum absolute atomic E-state index is 0.787. The lowest BCUT2D eigenvalue weighted by molar-refractivity contribution is 0.153. The Morgan fingerprint density at radius 1 is 0.628 bits per heavy atom.